The Hall–Kier alpha value is -0.120. The fraction of sp³-hybridized carbons (Fsp3) is 1.00. The molecule has 0 aromatic carbocycles. The molecule has 0 amide bonds. The molecule has 3 heteroatoms. The Morgan fingerprint density at radius 1 is 1.21 bits per heavy atom. The van der Waals surface area contributed by atoms with Gasteiger partial charge in [-0.2, -0.15) is 0 Å². The molecular formula is C11H24N2O. The summed E-state index contributed by atoms with van der Waals surface area (Å²) in [5.74, 6) is 0. The lowest BCUT2D eigenvalue weighted by molar-refractivity contribution is 0.192. The van der Waals surface area contributed by atoms with Gasteiger partial charge in [-0.3, -0.25) is 0 Å². The zero-order valence-corrected chi connectivity index (χ0v) is 9.30. The number of nitrogens with two attached hydrogens (primary N) is 1. The summed E-state index contributed by atoms with van der Waals surface area (Å²) < 4.78 is 5.00. The zero-order valence-electron chi connectivity index (χ0n) is 9.30. The second-order valence-corrected chi connectivity index (χ2v) is 4.27. The van der Waals surface area contributed by atoms with Crippen LogP contribution in [0.15, 0.2) is 0 Å². The summed E-state index contributed by atoms with van der Waals surface area (Å²) in [6.45, 7) is 2.01. The van der Waals surface area contributed by atoms with Crippen LogP contribution in [-0.2, 0) is 4.74 Å². The molecule has 0 heterocycles. The van der Waals surface area contributed by atoms with Crippen molar-refractivity contribution < 1.29 is 4.74 Å². The van der Waals surface area contributed by atoms with E-state index in [0.29, 0.717) is 6.04 Å². The van der Waals surface area contributed by atoms with Crippen molar-refractivity contribution >= 4 is 0 Å². The number of methoxy groups -OCH3 is 1. The molecule has 3 N–H and O–H groups in total. The largest absolute Gasteiger partial charge is 0.385 e. The summed E-state index contributed by atoms with van der Waals surface area (Å²) in [4.78, 5) is 0. The predicted molar refractivity (Wildman–Crippen MR) is 59.3 cm³/mol. The van der Waals surface area contributed by atoms with Crippen LogP contribution in [0.2, 0.25) is 0 Å². The van der Waals surface area contributed by atoms with Crippen molar-refractivity contribution in [1.29, 1.82) is 0 Å². The van der Waals surface area contributed by atoms with E-state index in [0.717, 1.165) is 25.6 Å². The van der Waals surface area contributed by atoms with Crippen LogP contribution in [0.5, 0.6) is 0 Å². The van der Waals surface area contributed by atoms with E-state index in [9.17, 15) is 0 Å². The average Bonchev–Trinajstić information content (AvgIpc) is 2.21. The molecule has 0 aromatic rings. The highest BCUT2D eigenvalue weighted by atomic mass is 16.5. The van der Waals surface area contributed by atoms with Crippen LogP contribution in [0.25, 0.3) is 0 Å². The van der Waals surface area contributed by atoms with Gasteiger partial charge in [0.25, 0.3) is 0 Å². The maximum absolute atomic E-state index is 5.85. The van der Waals surface area contributed by atoms with E-state index in [1.54, 1.807) is 7.11 Å². The van der Waals surface area contributed by atoms with E-state index < -0.39 is 0 Å². The Labute approximate surface area is 87.4 Å². The first kappa shape index (κ1) is 12.0. The van der Waals surface area contributed by atoms with Gasteiger partial charge in [0.1, 0.15) is 0 Å². The zero-order chi connectivity index (χ0) is 10.2. The van der Waals surface area contributed by atoms with E-state index >= 15 is 0 Å². The van der Waals surface area contributed by atoms with Gasteiger partial charge in [0.2, 0.25) is 0 Å². The second-order valence-electron chi connectivity index (χ2n) is 4.27. The van der Waals surface area contributed by atoms with Gasteiger partial charge in [-0.15, -0.1) is 0 Å². The van der Waals surface area contributed by atoms with Crippen LogP contribution >= 0.6 is 0 Å². The standard InChI is InChI=1S/C11H24N2O/c1-14-9-3-2-8-13-11-6-4-10(12)5-7-11/h10-11,13H,2-9,12H2,1H3. The molecule has 0 aromatic heterocycles. The minimum Gasteiger partial charge on any atom is -0.385 e. The molecule has 1 fully saturated rings. The Balaban J connectivity index is 1.91. The van der Waals surface area contributed by atoms with E-state index in [1.165, 1.54) is 32.1 Å². The normalized spacial score (nSPS) is 27.9. The molecule has 0 spiro atoms. The third-order valence-electron chi connectivity index (χ3n) is 2.98. The number of nitrogens with one attached hydrogen (secondary N) is 1. The molecule has 0 atom stereocenters. The van der Waals surface area contributed by atoms with Crippen LogP contribution in [0.4, 0.5) is 0 Å². The molecule has 14 heavy (non-hydrogen) atoms. The van der Waals surface area contributed by atoms with Crippen molar-refractivity contribution in [2.45, 2.75) is 50.6 Å². The summed E-state index contributed by atoms with van der Waals surface area (Å²) in [5.41, 5.74) is 5.85. The van der Waals surface area contributed by atoms with Crippen LogP contribution in [0.3, 0.4) is 0 Å². The van der Waals surface area contributed by atoms with Gasteiger partial charge in [0.15, 0.2) is 0 Å². The van der Waals surface area contributed by atoms with Gasteiger partial charge in [0.05, 0.1) is 0 Å². The lowest BCUT2D eigenvalue weighted by Gasteiger charge is -2.26. The molecule has 84 valence electrons. The molecule has 1 saturated carbocycles. The van der Waals surface area contributed by atoms with E-state index in [-0.39, 0.29) is 0 Å². The lowest BCUT2D eigenvalue weighted by Crippen LogP contribution is -2.37. The van der Waals surface area contributed by atoms with Gasteiger partial charge in [-0.1, -0.05) is 0 Å². The molecule has 0 aliphatic heterocycles. The smallest absolute Gasteiger partial charge is 0.0462 e. The van der Waals surface area contributed by atoms with Crippen molar-refractivity contribution in [2.75, 3.05) is 20.3 Å². The SMILES string of the molecule is COCCCCNC1CCC(N)CC1. The summed E-state index contributed by atoms with van der Waals surface area (Å²) in [6.07, 6.45) is 7.27. The monoisotopic (exact) mass is 200 g/mol. The highest BCUT2D eigenvalue weighted by molar-refractivity contribution is 4.78. The Morgan fingerprint density at radius 2 is 1.93 bits per heavy atom. The van der Waals surface area contributed by atoms with Crippen molar-refractivity contribution in [3.8, 4) is 0 Å². The highest BCUT2D eigenvalue weighted by Gasteiger charge is 2.17. The van der Waals surface area contributed by atoms with Crippen molar-refractivity contribution in [1.82, 2.24) is 5.32 Å². The fourth-order valence-corrected chi connectivity index (χ4v) is 2.00. The van der Waals surface area contributed by atoms with E-state index in [1.807, 2.05) is 0 Å². The van der Waals surface area contributed by atoms with E-state index in [2.05, 4.69) is 5.32 Å². The Morgan fingerprint density at radius 3 is 2.57 bits per heavy atom. The van der Waals surface area contributed by atoms with Crippen molar-refractivity contribution in [3.63, 3.8) is 0 Å². The van der Waals surface area contributed by atoms with Crippen LogP contribution in [0.1, 0.15) is 38.5 Å². The summed E-state index contributed by atoms with van der Waals surface area (Å²) >= 11 is 0. The first-order valence-corrected chi connectivity index (χ1v) is 5.81. The summed E-state index contributed by atoms with van der Waals surface area (Å²) in [5, 5.41) is 3.59. The lowest BCUT2D eigenvalue weighted by atomic mass is 9.92. The first-order valence-electron chi connectivity index (χ1n) is 5.81. The molecule has 3 nitrogen and oxygen atoms in total. The molecule has 0 unspecified atom stereocenters. The molecule has 1 aliphatic rings. The van der Waals surface area contributed by atoms with Crippen molar-refractivity contribution in [3.05, 3.63) is 0 Å². The number of hydrogen-bond acceptors (Lipinski definition) is 3. The van der Waals surface area contributed by atoms with E-state index in [4.69, 9.17) is 10.5 Å². The summed E-state index contributed by atoms with van der Waals surface area (Å²) in [6, 6.07) is 1.18. The van der Waals surface area contributed by atoms with Gasteiger partial charge in [-0.05, 0) is 45.1 Å². The fourth-order valence-electron chi connectivity index (χ4n) is 2.00. The third kappa shape index (κ3) is 4.94. The number of ether oxygens (including phenoxy) is 1. The molecule has 1 aliphatic carbocycles. The third-order valence-corrected chi connectivity index (χ3v) is 2.98. The summed E-state index contributed by atoms with van der Waals surface area (Å²) in [7, 11) is 1.76. The van der Waals surface area contributed by atoms with Crippen LogP contribution < -0.4 is 11.1 Å². The average molecular weight is 200 g/mol. The molecule has 0 radical (unpaired) electrons. The minimum atomic E-state index is 0.460. The number of rotatable bonds is 6. The van der Waals surface area contributed by atoms with Crippen LogP contribution in [-0.4, -0.2) is 32.3 Å². The van der Waals surface area contributed by atoms with Crippen molar-refractivity contribution in [2.24, 2.45) is 5.73 Å². The Kier molecular flexibility index (Phi) is 6.15. The minimum absolute atomic E-state index is 0.460. The van der Waals surface area contributed by atoms with Crippen LogP contribution in [0, 0.1) is 0 Å². The van der Waals surface area contributed by atoms with Gasteiger partial charge >= 0.3 is 0 Å². The van der Waals surface area contributed by atoms with Gasteiger partial charge in [0, 0.05) is 25.8 Å². The maximum atomic E-state index is 5.85. The first-order chi connectivity index (χ1) is 6.83. The molecule has 0 bridgehead atoms. The second kappa shape index (κ2) is 7.21. The number of hydrogen-bond donors (Lipinski definition) is 2. The quantitative estimate of drug-likeness (QED) is 0.635. The topological polar surface area (TPSA) is 47.3 Å². The molecular weight excluding hydrogens is 176 g/mol. The molecule has 1 rings (SSSR count). The van der Waals surface area contributed by atoms with Gasteiger partial charge < -0.3 is 15.8 Å². The predicted octanol–water partition coefficient (Wildman–Crippen LogP) is 1.27. The molecule has 0 saturated heterocycles. The Bertz CT molecular complexity index is 133. The maximum Gasteiger partial charge on any atom is 0.0462 e. The van der Waals surface area contributed by atoms with Gasteiger partial charge in [-0.25, -0.2) is 0 Å². The highest BCUT2D eigenvalue weighted by Crippen LogP contribution is 2.16. The number of unbranched alkanes of at least 4 members (excludes halogenated alkanes) is 1.